The Balaban J connectivity index is 1.29. The number of benzene rings is 3. The van der Waals surface area contributed by atoms with E-state index in [4.69, 9.17) is 0 Å². The second-order valence-electron chi connectivity index (χ2n) is 8.01. The number of rotatable bonds is 2. The summed E-state index contributed by atoms with van der Waals surface area (Å²) in [4.78, 5) is 29.7. The van der Waals surface area contributed by atoms with E-state index < -0.39 is 0 Å². The van der Waals surface area contributed by atoms with Crippen LogP contribution in [0.5, 0.6) is 0 Å². The lowest BCUT2D eigenvalue weighted by atomic mass is 10.0. The van der Waals surface area contributed by atoms with Gasteiger partial charge in [-0.05, 0) is 59.4 Å². The average Bonchev–Trinajstić information content (AvgIpc) is 2.98. The smallest absolute Gasteiger partial charge is 0.253 e. The highest BCUT2D eigenvalue weighted by molar-refractivity contribution is 5.96. The van der Waals surface area contributed by atoms with E-state index >= 15 is 0 Å². The summed E-state index contributed by atoms with van der Waals surface area (Å²) in [5, 5.41) is 0. The van der Waals surface area contributed by atoms with Crippen LogP contribution in [0.15, 0.2) is 72.8 Å². The second-order valence-corrected chi connectivity index (χ2v) is 8.01. The van der Waals surface area contributed by atoms with Crippen molar-refractivity contribution in [1.29, 1.82) is 0 Å². The van der Waals surface area contributed by atoms with Gasteiger partial charge < -0.3 is 9.80 Å². The molecule has 2 aliphatic rings. The highest BCUT2D eigenvalue weighted by Crippen LogP contribution is 2.36. The van der Waals surface area contributed by atoms with E-state index in [2.05, 4.69) is 36.4 Å². The van der Waals surface area contributed by atoms with Crippen LogP contribution in [0.1, 0.15) is 38.3 Å². The van der Waals surface area contributed by atoms with Gasteiger partial charge in [-0.3, -0.25) is 9.59 Å². The van der Waals surface area contributed by atoms with Crippen LogP contribution >= 0.6 is 0 Å². The van der Waals surface area contributed by atoms with Gasteiger partial charge in [0.1, 0.15) is 0 Å². The zero-order valence-corrected chi connectivity index (χ0v) is 16.9. The Bertz CT molecular complexity index is 1110. The van der Waals surface area contributed by atoms with Crippen LogP contribution in [0.2, 0.25) is 0 Å². The van der Waals surface area contributed by atoms with Gasteiger partial charge in [-0.25, -0.2) is 0 Å². The van der Waals surface area contributed by atoms with Crippen molar-refractivity contribution in [3.63, 3.8) is 0 Å². The largest absolute Gasteiger partial charge is 0.337 e. The van der Waals surface area contributed by atoms with Crippen molar-refractivity contribution >= 4 is 11.8 Å². The predicted octanol–water partition coefficient (Wildman–Crippen LogP) is 4.25. The maximum absolute atomic E-state index is 13.2. The van der Waals surface area contributed by atoms with Crippen LogP contribution in [0.4, 0.5) is 0 Å². The van der Waals surface area contributed by atoms with Crippen LogP contribution in [-0.2, 0) is 6.42 Å². The fourth-order valence-electron chi connectivity index (χ4n) is 4.55. The summed E-state index contributed by atoms with van der Waals surface area (Å²) in [5.41, 5.74) is 6.49. The molecule has 1 heterocycles. The molecule has 1 aliphatic carbocycles. The van der Waals surface area contributed by atoms with E-state index in [-0.39, 0.29) is 11.8 Å². The van der Waals surface area contributed by atoms with Gasteiger partial charge in [0, 0.05) is 37.3 Å². The topological polar surface area (TPSA) is 40.6 Å². The second kappa shape index (κ2) is 7.79. The summed E-state index contributed by atoms with van der Waals surface area (Å²) in [7, 11) is 0. The average molecular weight is 396 g/mol. The Morgan fingerprint density at radius 3 is 2.00 bits per heavy atom. The third-order valence-electron chi connectivity index (χ3n) is 6.13. The molecule has 0 unspecified atom stereocenters. The first kappa shape index (κ1) is 18.6. The minimum absolute atomic E-state index is 0.0418. The van der Waals surface area contributed by atoms with Gasteiger partial charge in [0.15, 0.2) is 0 Å². The van der Waals surface area contributed by atoms with Crippen LogP contribution < -0.4 is 0 Å². The molecule has 150 valence electrons. The molecule has 0 saturated carbocycles. The summed E-state index contributed by atoms with van der Waals surface area (Å²) < 4.78 is 0. The Labute approximate surface area is 176 Å². The van der Waals surface area contributed by atoms with Gasteiger partial charge in [-0.2, -0.15) is 0 Å². The highest BCUT2D eigenvalue weighted by Gasteiger charge is 2.25. The molecule has 3 aromatic rings. The van der Waals surface area contributed by atoms with Gasteiger partial charge in [0.25, 0.3) is 11.8 Å². The molecule has 3 aromatic carbocycles. The van der Waals surface area contributed by atoms with Crippen LogP contribution in [-0.4, -0.2) is 47.8 Å². The molecule has 0 spiro atoms. The van der Waals surface area contributed by atoms with Crippen LogP contribution in [0.3, 0.4) is 0 Å². The van der Waals surface area contributed by atoms with Crippen LogP contribution in [0.25, 0.3) is 11.1 Å². The van der Waals surface area contributed by atoms with Crippen molar-refractivity contribution in [2.45, 2.75) is 12.8 Å². The maximum Gasteiger partial charge on any atom is 0.253 e. The molecular weight excluding hydrogens is 372 g/mol. The summed E-state index contributed by atoms with van der Waals surface area (Å²) >= 11 is 0. The zero-order chi connectivity index (χ0) is 20.5. The van der Waals surface area contributed by atoms with E-state index in [0.717, 1.165) is 18.4 Å². The van der Waals surface area contributed by atoms with E-state index in [1.807, 2.05) is 46.2 Å². The van der Waals surface area contributed by atoms with Crippen molar-refractivity contribution < 1.29 is 9.59 Å². The first-order valence-electron chi connectivity index (χ1n) is 10.6. The predicted molar refractivity (Wildman–Crippen MR) is 118 cm³/mol. The number of fused-ring (bicyclic) bond motifs is 3. The molecule has 1 aliphatic heterocycles. The Morgan fingerprint density at radius 2 is 1.23 bits per heavy atom. The minimum atomic E-state index is 0.0418. The quantitative estimate of drug-likeness (QED) is 0.508. The first-order valence-corrected chi connectivity index (χ1v) is 10.6. The van der Waals surface area contributed by atoms with Crippen molar-refractivity contribution in [3.05, 3.63) is 95.1 Å². The lowest BCUT2D eigenvalue weighted by Crippen LogP contribution is -2.37. The van der Waals surface area contributed by atoms with Gasteiger partial charge in [-0.15, -0.1) is 0 Å². The summed E-state index contributed by atoms with van der Waals surface area (Å²) in [6.07, 6.45) is 1.67. The van der Waals surface area contributed by atoms with Crippen molar-refractivity contribution in [1.82, 2.24) is 9.80 Å². The normalized spacial score (nSPS) is 15.3. The molecule has 0 bridgehead atoms. The monoisotopic (exact) mass is 396 g/mol. The summed E-state index contributed by atoms with van der Waals surface area (Å²) in [6, 6.07) is 23.9. The van der Waals surface area contributed by atoms with Crippen molar-refractivity contribution in [3.8, 4) is 11.1 Å². The molecule has 2 amide bonds. The molecule has 0 radical (unpaired) electrons. The van der Waals surface area contributed by atoms with Crippen LogP contribution in [0, 0.1) is 0 Å². The molecule has 1 saturated heterocycles. The lowest BCUT2D eigenvalue weighted by Gasteiger charge is -2.22. The highest BCUT2D eigenvalue weighted by atomic mass is 16.2. The molecule has 4 heteroatoms. The lowest BCUT2D eigenvalue weighted by molar-refractivity contribution is 0.0718. The van der Waals surface area contributed by atoms with Crippen molar-refractivity contribution in [2.24, 2.45) is 0 Å². The molecule has 1 fully saturated rings. The molecule has 0 aromatic heterocycles. The van der Waals surface area contributed by atoms with Crippen molar-refractivity contribution in [2.75, 3.05) is 26.2 Å². The number of hydrogen-bond acceptors (Lipinski definition) is 2. The molecule has 0 atom stereocenters. The summed E-state index contributed by atoms with van der Waals surface area (Å²) in [5.74, 6) is 0.1000. The number of carbonyl (C=O) groups is 2. The molecule has 30 heavy (non-hydrogen) atoms. The third-order valence-corrected chi connectivity index (χ3v) is 6.13. The van der Waals surface area contributed by atoms with Gasteiger partial charge in [-0.1, -0.05) is 48.5 Å². The van der Waals surface area contributed by atoms with E-state index in [9.17, 15) is 9.59 Å². The molecule has 4 nitrogen and oxygen atoms in total. The van der Waals surface area contributed by atoms with E-state index in [0.29, 0.717) is 31.7 Å². The van der Waals surface area contributed by atoms with E-state index in [1.54, 1.807) is 0 Å². The molecule has 0 N–H and O–H groups in total. The standard InChI is InChI=1S/C26H24N2O2/c29-25(19-7-2-1-3-8-19)27-13-6-14-28(16-15-27)26(30)21-11-12-24-22(18-21)17-20-9-4-5-10-23(20)24/h1-5,7-12,18H,6,13-17H2. The zero-order valence-electron chi connectivity index (χ0n) is 16.9. The molecule has 5 rings (SSSR count). The SMILES string of the molecule is O=C(c1ccccc1)N1CCCN(C(=O)c2ccc3c(c2)Cc2ccccc2-3)CC1. The first-order chi connectivity index (χ1) is 14.7. The Kier molecular flexibility index (Phi) is 4.83. The number of nitrogens with zero attached hydrogens (tertiary/aromatic N) is 2. The summed E-state index contributed by atoms with van der Waals surface area (Å²) in [6.45, 7) is 2.48. The fraction of sp³-hybridized carbons (Fsp3) is 0.231. The number of carbonyl (C=O) groups excluding carboxylic acids is 2. The fourth-order valence-corrected chi connectivity index (χ4v) is 4.55. The van der Waals surface area contributed by atoms with E-state index in [1.165, 1.54) is 22.3 Å². The third kappa shape index (κ3) is 3.39. The Hall–Kier alpha value is -3.40. The minimum Gasteiger partial charge on any atom is -0.337 e. The van der Waals surface area contributed by atoms with Gasteiger partial charge in [0.2, 0.25) is 0 Å². The number of amides is 2. The molecular formula is C26H24N2O2. The maximum atomic E-state index is 13.2. The number of hydrogen-bond donors (Lipinski definition) is 0. The van der Waals surface area contributed by atoms with Gasteiger partial charge >= 0.3 is 0 Å². The Morgan fingerprint density at radius 1 is 0.600 bits per heavy atom. The van der Waals surface area contributed by atoms with Gasteiger partial charge in [0.05, 0.1) is 0 Å².